The van der Waals surface area contributed by atoms with Crippen molar-refractivity contribution in [1.29, 1.82) is 0 Å². The lowest BCUT2D eigenvalue weighted by atomic mass is 10.1. The molecule has 3 nitrogen and oxygen atoms in total. The van der Waals surface area contributed by atoms with Crippen molar-refractivity contribution in [3.05, 3.63) is 42.5 Å². The number of amides is 1. The van der Waals surface area contributed by atoms with E-state index in [9.17, 15) is 4.79 Å². The maximum Gasteiger partial charge on any atom is 0.224 e. The van der Waals surface area contributed by atoms with Gasteiger partial charge in [0, 0.05) is 6.54 Å². The average Bonchev–Trinajstić information content (AvgIpc) is 2.32. The summed E-state index contributed by atoms with van der Waals surface area (Å²) in [5.41, 5.74) is 0.990. The molecule has 0 saturated carbocycles. The topological polar surface area (TPSA) is 38.3 Å². The third-order valence-electron chi connectivity index (χ3n) is 2.27. The summed E-state index contributed by atoms with van der Waals surface area (Å²) in [6.07, 6.45) is 3.00. The van der Waals surface area contributed by atoms with Gasteiger partial charge in [0.25, 0.3) is 0 Å². The summed E-state index contributed by atoms with van der Waals surface area (Å²) in [7, 11) is 0. The summed E-state index contributed by atoms with van der Waals surface area (Å²) >= 11 is 0. The molecule has 0 spiro atoms. The molecule has 0 heterocycles. The second-order valence-electron chi connectivity index (χ2n) is 3.68. The van der Waals surface area contributed by atoms with Crippen LogP contribution in [0.3, 0.4) is 0 Å². The van der Waals surface area contributed by atoms with Gasteiger partial charge in [0.05, 0.1) is 13.0 Å². The number of nitrogens with one attached hydrogen (secondary N) is 1. The van der Waals surface area contributed by atoms with Gasteiger partial charge < -0.3 is 10.1 Å². The van der Waals surface area contributed by atoms with E-state index >= 15 is 0 Å². The molecular weight excluding hydrogens is 214 g/mol. The van der Waals surface area contributed by atoms with Crippen LogP contribution in [-0.4, -0.2) is 19.1 Å². The Hall–Kier alpha value is -1.77. The second-order valence-corrected chi connectivity index (χ2v) is 3.68. The first-order valence-corrected chi connectivity index (χ1v) is 5.85. The van der Waals surface area contributed by atoms with Gasteiger partial charge >= 0.3 is 0 Å². The van der Waals surface area contributed by atoms with Gasteiger partial charge in [0.1, 0.15) is 5.75 Å². The minimum atomic E-state index is 0.0380. The minimum absolute atomic E-state index is 0.0380. The molecule has 1 N–H and O–H groups in total. The molecule has 0 aromatic heterocycles. The van der Waals surface area contributed by atoms with Crippen LogP contribution >= 0.6 is 0 Å². The zero-order chi connectivity index (χ0) is 12.5. The van der Waals surface area contributed by atoms with Crippen molar-refractivity contribution in [3.63, 3.8) is 0 Å². The summed E-state index contributed by atoms with van der Waals surface area (Å²) in [5.74, 6) is 0.874. The van der Waals surface area contributed by atoms with Crippen molar-refractivity contribution in [2.24, 2.45) is 0 Å². The van der Waals surface area contributed by atoms with Crippen molar-refractivity contribution in [2.45, 2.75) is 19.8 Å². The average molecular weight is 233 g/mol. The van der Waals surface area contributed by atoms with Crippen molar-refractivity contribution >= 4 is 5.91 Å². The molecule has 1 aromatic carbocycles. The lowest BCUT2D eigenvalue weighted by molar-refractivity contribution is -0.120. The van der Waals surface area contributed by atoms with Crippen LogP contribution < -0.4 is 10.1 Å². The normalized spacial score (nSPS) is 9.71. The highest BCUT2D eigenvalue weighted by Gasteiger charge is 2.02. The van der Waals surface area contributed by atoms with Crippen LogP contribution in [0.5, 0.6) is 5.75 Å². The fourth-order valence-electron chi connectivity index (χ4n) is 1.43. The molecule has 0 fully saturated rings. The van der Waals surface area contributed by atoms with Gasteiger partial charge in [0.2, 0.25) is 5.91 Å². The number of benzene rings is 1. The van der Waals surface area contributed by atoms with E-state index in [1.54, 1.807) is 6.08 Å². The first-order chi connectivity index (χ1) is 8.26. The van der Waals surface area contributed by atoms with E-state index in [2.05, 4.69) is 11.9 Å². The highest BCUT2D eigenvalue weighted by molar-refractivity contribution is 5.78. The molecule has 92 valence electrons. The Morgan fingerprint density at radius 1 is 1.41 bits per heavy atom. The fraction of sp³-hybridized carbons (Fsp3) is 0.357. The highest BCUT2D eigenvalue weighted by atomic mass is 16.5. The van der Waals surface area contributed by atoms with Gasteiger partial charge in [-0.3, -0.25) is 4.79 Å². The molecule has 0 bridgehead atoms. The van der Waals surface area contributed by atoms with Crippen molar-refractivity contribution in [1.82, 2.24) is 5.32 Å². The zero-order valence-electron chi connectivity index (χ0n) is 10.2. The molecule has 1 aromatic rings. The van der Waals surface area contributed by atoms with E-state index < -0.39 is 0 Å². The van der Waals surface area contributed by atoms with Crippen LogP contribution in [0.15, 0.2) is 36.9 Å². The lowest BCUT2D eigenvalue weighted by Crippen LogP contribution is -2.25. The van der Waals surface area contributed by atoms with Gasteiger partial charge in [-0.05, 0) is 31.0 Å². The van der Waals surface area contributed by atoms with Gasteiger partial charge in [-0.2, -0.15) is 0 Å². The summed E-state index contributed by atoms with van der Waals surface area (Å²) in [6.45, 7) is 6.86. The Balaban J connectivity index is 2.40. The third-order valence-corrected chi connectivity index (χ3v) is 2.27. The highest BCUT2D eigenvalue weighted by Crippen LogP contribution is 2.12. The predicted octanol–water partition coefficient (Wildman–Crippen LogP) is 2.32. The maximum absolute atomic E-state index is 11.5. The summed E-state index contributed by atoms with van der Waals surface area (Å²) in [5, 5.41) is 2.83. The first-order valence-electron chi connectivity index (χ1n) is 5.85. The Kier molecular flexibility index (Phi) is 5.86. The van der Waals surface area contributed by atoms with E-state index in [1.165, 1.54) is 0 Å². The lowest BCUT2D eigenvalue weighted by Gasteiger charge is -2.05. The number of hydrogen-bond acceptors (Lipinski definition) is 2. The molecule has 1 rings (SSSR count). The van der Waals surface area contributed by atoms with Crippen LogP contribution in [0.4, 0.5) is 0 Å². The minimum Gasteiger partial charge on any atom is -0.494 e. The maximum atomic E-state index is 11.5. The van der Waals surface area contributed by atoms with E-state index in [4.69, 9.17) is 4.74 Å². The molecule has 0 aliphatic carbocycles. The number of carbonyl (C=O) groups excluding carboxylic acids is 1. The van der Waals surface area contributed by atoms with E-state index in [-0.39, 0.29) is 5.91 Å². The van der Waals surface area contributed by atoms with Crippen LogP contribution in [-0.2, 0) is 11.2 Å². The molecule has 1 amide bonds. The molecule has 3 heteroatoms. The number of carbonyl (C=O) groups is 1. The van der Waals surface area contributed by atoms with Crippen molar-refractivity contribution in [2.75, 3.05) is 13.2 Å². The van der Waals surface area contributed by atoms with Gasteiger partial charge in [-0.15, -0.1) is 6.58 Å². The second kappa shape index (κ2) is 7.49. The van der Waals surface area contributed by atoms with Crippen LogP contribution in [0, 0.1) is 0 Å². The SMILES string of the molecule is C=CCCNC(=O)Cc1ccc(OCC)cc1. The Bertz CT molecular complexity index is 357. The van der Waals surface area contributed by atoms with Gasteiger partial charge in [-0.1, -0.05) is 18.2 Å². The van der Waals surface area contributed by atoms with Crippen LogP contribution in [0.2, 0.25) is 0 Å². The summed E-state index contributed by atoms with van der Waals surface area (Å²) < 4.78 is 5.33. The number of hydrogen-bond donors (Lipinski definition) is 1. The molecule has 0 saturated heterocycles. The molecule has 0 unspecified atom stereocenters. The van der Waals surface area contributed by atoms with Crippen LogP contribution in [0.1, 0.15) is 18.9 Å². The van der Waals surface area contributed by atoms with Crippen LogP contribution in [0.25, 0.3) is 0 Å². The summed E-state index contributed by atoms with van der Waals surface area (Å²) in [6, 6.07) is 7.60. The third kappa shape index (κ3) is 5.20. The summed E-state index contributed by atoms with van der Waals surface area (Å²) in [4.78, 5) is 11.5. The smallest absolute Gasteiger partial charge is 0.224 e. The standard InChI is InChI=1S/C14H19NO2/c1-3-5-10-15-14(16)11-12-6-8-13(9-7-12)17-4-2/h3,6-9H,1,4-5,10-11H2,2H3,(H,15,16). The van der Waals surface area contributed by atoms with E-state index in [0.29, 0.717) is 19.6 Å². The largest absolute Gasteiger partial charge is 0.494 e. The monoisotopic (exact) mass is 233 g/mol. The van der Waals surface area contributed by atoms with Crippen molar-refractivity contribution in [3.8, 4) is 5.75 Å². The van der Waals surface area contributed by atoms with E-state index in [0.717, 1.165) is 17.7 Å². The first kappa shape index (κ1) is 13.3. The molecule has 0 aliphatic heterocycles. The number of rotatable bonds is 7. The Morgan fingerprint density at radius 3 is 2.71 bits per heavy atom. The molecule has 0 aliphatic rings. The van der Waals surface area contributed by atoms with Gasteiger partial charge in [-0.25, -0.2) is 0 Å². The quantitative estimate of drug-likeness (QED) is 0.580. The Labute approximate surface area is 102 Å². The zero-order valence-corrected chi connectivity index (χ0v) is 10.2. The number of ether oxygens (including phenoxy) is 1. The molecule has 17 heavy (non-hydrogen) atoms. The Morgan fingerprint density at radius 2 is 2.12 bits per heavy atom. The fourth-order valence-corrected chi connectivity index (χ4v) is 1.43. The van der Waals surface area contributed by atoms with Gasteiger partial charge in [0.15, 0.2) is 0 Å². The van der Waals surface area contributed by atoms with E-state index in [1.807, 2.05) is 31.2 Å². The molecule has 0 atom stereocenters. The molecule has 0 radical (unpaired) electrons. The van der Waals surface area contributed by atoms with Crippen molar-refractivity contribution < 1.29 is 9.53 Å². The predicted molar refractivity (Wildman–Crippen MR) is 69.1 cm³/mol. The molecular formula is C14H19NO2.